The predicted molar refractivity (Wildman–Crippen MR) is 87.7 cm³/mol. The van der Waals surface area contributed by atoms with Crippen molar-refractivity contribution >= 4 is 31.2 Å². The van der Waals surface area contributed by atoms with Crippen LogP contribution >= 0.6 is 0 Å². The molecule has 1 radical (unpaired) electrons. The fraction of sp³-hybridized carbons (Fsp3) is 0.400. The van der Waals surface area contributed by atoms with Crippen LogP contribution in [0.4, 0.5) is 0 Å². The minimum Gasteiger partial charge on any atom is -0.429 e. The van der Waals surface area contributed by atoms with E-state index in [1.54, 1.807) is 6.20 Å². The minimum absolute atomic E-state index is 0. The maximum absolute atomic E-state index is 7.00. The van der Waals surface area contributed by atoms with Gasteiger partial charge in [-0.1, -0.05) is 18.2 Å². The van der Waals surface area contributed by atoms with E-state index in [1.165, 1.54) is 0 Å². The lowest BCUT2D eigenvalue weighted by molar-refractivity contribution is 0.00578. The Morgan fingerprint density at radius 1 is 1.05 bits per heavy atom. The fourth-order valence-electron chi connectivity index (χ4n) is 2.22. The molecule has 1 aromatic heterocycles. The van der Waals surface area contributed by atoms with Crippen molar-refractivity contribution in [2.45, 2.75) is 38.9 Å². The topological polar surface area (TPSA) is 71.8 Å². The molecule has 7 heteroatoms. The van der Waals surface area contributed by atoms with Gasteiger partial charge in [-0.25, -0.2) is 0 Å². The summed E-state index contributed by atoms with van der Waals surface area (Å²) in [5.74, 6) is 0. The van der Waals surface area contributed by atoms with E-state index in [0.717, 1.165) is 16.4 Å². The Morgan fingerprint density at radius 3 is 2.23 bits per heavy atom. The smallest absolute Gasteiger partial charge is 0.429 e. The van der Waals surface area contributed by atoms with Crippen molar-refractivity contribution in [1.82, 2.24) is 4.98 Å². The Morgan fingerprint density at radius 2 is 1.64 bits per heavy atom. The van der Waals surface area contributed by atoms with Crippen LogP contribution in [-0.4, -0.2) is 41.0 Å². The number of rotatable bonds is 1. The van der Waals surface area contributed by atoms with Gasteiger partial charge in [0, 0.05) is 6.20 Å². The van der Waals surface area contributed by atoms with Gasteiger partial charge >= 0.3 is 14.8 Å². The standard InChI is InChI=1S/C15H18BNO2.BH2O2/c1-14(2)15(3,4)19-16(18-14)12-7-8-13-11(10-12)6-5-9-17-13;2-1-3/h5-10H,1-4H3;2-3H. The van der Waals surface area contributed by atoms with Crippen LogP contribution in [0.5, 0.6) is 0 Å². The van der Waals surface area contributed by atoms with E-state index in [9.17, 15) is 0 Å². The summed E-state index contributed by atoms with van der Waals surface area (Å²) in [6, 6.07) is 10.1. The molecule has 0 atom stereocenters. The van der Waals surface area contributed by atoms with Crippen LogP contribution in [0.25, 0.3) is 10.9 Å². The first kappa shape index (κ1) is 17.0. The summed E-state index contributed by atoms with van der Waals surface area (Å²) in [7, 11) is -0.311. The summed E-state index contributed by atoms with van der Waals surface area (Å²) in [6.07, 6.45) is 1.80. The Kier molecular flexibility index (Phi) is 4.92. The normalized spacial score (nSPS) is 18.7. The maximum Gasteiger partial charge on any atom is 0.494 e. The number of fused-ring (bicyclic) bond motifs is 1. The molecule has 5 nitrogen and oxygen atoms in total. The third-order valence-corrected chi connectivity index (χ3v) is 4.15. The molecule has 2 N–H and O–H groups in total. The number of benzene rings is 1. The largest absolute Gasteiger partial charge is 0.494 e. The summed E-state index contributed by atoms with van der Waals surface area (Å²) in [4.78, 5) is 4.32. The molecule has 115 valence electrons. The highest BCUT2D eigenvalue weighted by molar-refractivity contribution is 6.62. The van der Waals surface area contributed by atoms with Gasteiger partial charge in [-0.3, -0.25) is 4.98 Å². The number of hydrogen-bond donors (Lipinski definition) is 2. The van der Waals surface area contributed by atoms with Crippen molar-refractivity contribution in [3.8, 4) is 0 Å². The summed E-state index contributed by atoms with van der Waals surface area (Å²) >= 11 is 0. The van der Waals surface area contributed by atoms with Gasteiger partial charge in [0.1, 0.15) is 0 Å². The van der Waals surface area contributed by atoms with Gasteiger partial charge in [0.25, 0.3) is 0 Å². The van der Waals surface area contributed by atoms with Gasteiger partial charge in [-0.15, -0.1) is 0 Å². The molecule has 2 heterocycles. The third kappa shape index (κ3) is 3.33. The van der Waals surface area contributed by atoms with Crippen molar-refractivity contribution in [2.75, 3.05) is 0 Å². The van der Waals surface area contributed by atoms with E-state index >= 15 is 0 Å². The lowest BCUT2D eigenvalue weighted by Crippen LogP contribution is -2.41. The number of hydrogen-bond acceptors (Lipinski definition) is 5. The molecule has 1 aliphatic rings. The lowest BCUT2D eigenvalue weighted by atomic mass is 9.78. The zero-order valence-electron chi connectivity index (χ0n) is 13.3. The number of pyridine rings is 1. The molecule has 1 saturated heterocycles. The SMILES string of the molecule is CC1(C)OB(c2ccc3ncccc3c2)OC1(C)C.O[B]O. The first-order valence-electron chi connectivity index (χ1n) is 7.11. The van der Waals surface area contributed by atoms with Crippen LogP contribution in [0.1, 0.15) is 27.7 Å². The van der Waals surface area contributed by atoms with E-state index in [0.29, 0.717) is 0 Å². The molecule has 0 bridgehead atoms. The van der Waals surface area contributed by atoms with Crippen molar-refractivity contribution in [3.05, 3.63) is 36.5 Å². The molecule has 22 heavy (non-hydrogen) atoms. The first-order valence-corrected chi connectivity index (χ1v) is 7.11. The second kappa shape index (κ2) is 6.38. The number of nitrogens with zero attached hydrogens (tertiary/aromatic N) is 1. The van der Waals surface area contributed by atoms with Crippen LogP contribution in [0.3, 0.4) is 0 Å². The van der Waals surface area contributed by atoms with E-state index in [2.05, 4.69) is 44.8 Å². The third-order valence-electron chi connectivity index (χ3n) is 4.15. The van der Waals surface area contributed by atoms with Gasteiger partial charge in [0.05, 0.1) is 16.7 Å². The Bertz CT molecular complexity index is 632. The van der Waals surface area contributed by atoms with Crippen molar-refractivity contribution in [3.63, 3.8) is 0 Å². The molecule has 0 unspecified atom stereocenters. The molecule has 1 fully saturated rings. The average molecular weight is 300 g/mol. The molecule has 3 rings (SSSR count). The van der Waals surface area contributed by atoms with Crippen LogP contribution in [0, 0.1) is 0 Å². The lowest BCUT2D eigenvalue weighted by Gasteiger charge is -2.32. The predicted octanol–water partition coefficient (Wildman–Crippen LogP) is 1.04. The molecule has 0 amide bonds. The van der Waals surface area contributed by atoms with Gasteiger partial charge in [0.2, 0.25) is 0 Å². The van der Waals surface area contributed by atoms with Gasteiger partial charge in [-0.2, -0.15) is 0 Å². The maximum atomic E-state index is 7.00. The fourth-order valence-corrected chi connectivity index (χ4v) is 2.22. The molecular formula is C15H20B2NO4. The second-order valence-corrected chi connectivity index (χ2v) is 6.16. The molecule has 0 spiro atoms. The highest BCUT2D eigenvalue weighted by Gasteiger charge is 2.51. The summed E-state index contributed by atoms with van der Waals surface area (Å²) in [5, 5.41) is 15.1. The average Bonchev–Trinajstić information content (AvgIpc) is 2.68. The molecule has 0 saturated carbocycles. The minimum atomic E-state index is -0.311. The summed E-state index contributed by atoms with van der Waals surface area (Å²) in [6.45, 7) is 8.26. The van der Waals surface area contributed by atoms with Crippen molar-refractivity contribution in [1.29, 1.82) is 0 Å². The monoisotopic (exact) mass is 300 g/mol. The van der Waals surface area contributed by atoms with Crippen molar-refractivity contribution in [2.24, 2.45) is 0 Å². The van der Waals surface area contributed by atoms with Crippen LogP contribution in [-0.2, 0) is 9.31 Å². The highest BCUT2D eigenvalue weighted by Crippen LogP contribution is 2.36. The summed E-state index contributed by atoms with van der Waals surface area (Å²) in [5.41, 5.74) is 1.42. The van der Waals surface area contributed by atoms with Crippen LogP contribution in [0.2, 0.25) is 0 Å². The molecule has 1 aromatic carbocycles. The van der Waals surface area contributed by atoms with E-state index in [-0.39, 0.29) is 26.0 Å². The van der Waals surface area contributed by atoms with Gasteiger partial charge < -0.3 is 19.4 Å². The first-order chi connectivity index (χ1) is 10.3. The summed E-state index contributed by atoms with van der Waals surface area (Å²) < 4.78 is 12.1. The zero-order valence-corrected chi connectivity index (χ0v) is 13.3. The molecule has 2 aromatic rings. The van der Waals surface area contributed by atoms with E-state index in [4.69, 9.17) is 19.4 Å². The second-order valence-electron chi connectivity index (χ2n) is 6.16. The quantitative estimate of drug-likeness (QED) is 0.770. The Labute approximate surface area is 131 Å². The highest BCUT2D eigenvalue weighted by atomic mass is 16.7. The molecule has 0 aliphatic carbocycles. The molecular weight excluding hydrogens is 280 g/mol. The van der Waals surface area contributed by atoms with Gasteiger partial charge in [0.15, 0.2) is 0 Å². The van der Waals surface area contributed by atoms with Crippen LogP contribution < -0.4 is 5.46 Å². The molecule has 1 aliphatic heterocycles. The Balaban J connectivity index is 0.000000545. The van der Waals surface area contributed by atoms with Gasteiger partial charge in [-0.05, 0) is 50.7 Å². The van der Waals surface area contributed by atoms with E-state index in [1.807, 2.05) is 18.2 Å². The Hall–Kier alpha value is -1.40. The van der Waals surface area contributed by atoms with Crippen LogP contribution in [0.15, 0.2) is 36.5 Å². The zero-order chi connectivity index (χ0) is 16.4. The number of aromatic nitrogens is 1. The van der Waals surface area contributed by atoms with E-state index < -0.39 is 0 Å². The van der Waals surface area contributed by atoms with Crippen molar-refractivity contribution < 1.29 is 19.4 Å².